The van der Waals surface area contributed by atoms with Gasteiger partial charge in [-0.2, -0.15) is 0 Å². The predicted octanol–water partition coefficient (Wildman–Crippen LogP) is 2.21. The lowest BCUT2D eigenvalue weighted by Gasteiger charge is -2.29. The largest absolute Gasteiger partial charge is 0.480 e. The van der Waals surface area contributed by atoms with Gasteiger partial charge in [-0.05, 0) is 44.9 Å². The summed E-state index contributed by atoms with van der Waals surface area (Å²) in [6.45, 7) is 6.63. The summed E-state index contributed by atoms with van der Waals surface area (Å²) >= 11 is 0. The quantitative estimate of drug-likeness (QED) is 0.494. The molecule has 9 heteroatoms. The Hall–Kier alpha value is -3.72. The number of carboxylic acids is 1. The van der Waals surface area contributed by atoms with Crippen LogP contribution in [-0.4, -0.2) is 53.1 Å². The maximum absolute atomic E-state index is 13.8. The number of carboxylic acid groups (broad SMARTS) is 1. The molecule has 2 aromatic rings. The van der Waals surface area contributed by atoms with Crippen LogP contribution in [0.3, 0.4) is 0 Å². The first kappa shape index (κ1) is 25.9. The highest BCUT2D eigenvalue weighted by molar-refractivity contribution is 6.06. The molecule has 0 saturated heterocycles. The molecule has 0 unspecified atom stereocenters. The number of carbonyl (C=O) groups is 4. The Morgan fingerprint density at radius 2 is 1.69 bits per heavy atom. The number of benzene rings is 2. The van der Waals surface area contributed by atoms with E-state index in [4.69, 9.17) is 4.74 Å². The Bertz CT molecular complexity index is 1100. The van der Waals surface area contributed by atoms with Crippen molar-refractivity contribution < 1.29 is 29.0 Å². The fourth-order valence-corrected chi connectivity index (χ4v) is 3.90. The average molecular weight is 482 g/mol. The Morgan fingerprint density at radius 1 is 1.06 bits per heavy atom. The number of hydrogen-bond acceptors (Lipinski definition) is 6. The maximum atomic E-state index is 13.8. The van der Waals surface area contributed by atoms with Gasteiger partial charge in [0.05, 0.1) is 12.6 Å². The van der Waals surface area contributed by atoms with Crippen molar-refractivity contribution in [2.24, 2.45) is 0 Å². The smallest absolute Gasteiger partial charge is 0.327 e. The van der Waals surface area contributed by atoms with E-state index >= 15 is 0 Å². The summed E-state index contributed by atoms with van der Waals surface area (Å²) in [5, 5.41) is 15.3. The maximum Gasteiger partial charge on any atom is 0.327 e. The van der Waals surface area contributed by atoms with Gasteiger partial charge in [0.1, 0.15) is 17.7 Å². The van der Waals surface area contributed by atoms with E-state index in [0.29, 0.717) is 11.3 Å². The van der Waals surface area contributed by atoms with Gasteiger partial charge in [-0.1, -0.05) is 48.5 Å². The monoisotopic (exact) mass is 481 g/mol. The van der Waals surface area contributed by atoms with Gasteiger partial charge in [0, 0.05) is 12.1 Å². The number of amides is 2. The van der Waals surface area contributed by atoms with Crippen LogP contribution in [0.25, 0.3) is 0 Å². The fourth-order valence-electron chi connectivity index (χ4n) is 3.90. The van der Waals surface area contributed by atoms with Crippen molar-refractivity contribution in [3.8, 4) is 0 Å². The predicted molar refractivity (Wildman–Crippen MR) is 130 cm³/mol. The van der Waals surface area contributed by atoms with Crippen LogP contribution in [0.1, 0.15) is 44.9 Å². The molecule has 0 aliphatic carbocycles. The zero-order valence-electron chi connectivity index (χ0n) is 20.3. The van der Waals surface area contributed by atoms with Gasteiger partial charge in [-0.3, -0.25) is 24.6 Å². The third-order valence-electron chi connectivity index (χ3n) is 5.53. The van der Waals surface area contributed by atoms with Gasteiger partial charge in [-0.15, -0.1) is 0 Å². The number of anilines is 1. The van der Waals surface area contributed by atoms with Crippen LogP contribution in [0.4, 0.5) is 5.69 Å². The lowest BCUT2D eigenvalue weighted by atomic mass is 10.0. The van der Waals surface area contributed by atoms with E-state index in [1.165, 1.54) is 4.90 Å². The standard InChI is InChI=1S/C26H31N3O6/c1-16(27-15-21(30)35-26(2,3)4)23(31)28-22(17-10-6-5-7-11-17)24(32)29-19-13-9-8-12-18(19)14-20(29)25(33)34/h5-13,16,20,22,27H,14-15H2,1-4H3,(H,28,31)(H,33,34)/t16-,20-,22-/m0/s1. The summed E-state index contributed by atoms with van der Waals surface area (Å²) in [7, 11) is 0. The second kappa shape index (κ2) is 10.7. The molecule has 2 aromatic carbocycles. The number of aliphatic carboxylic acids is 1. The summed E-state index contributed by atoms with van der Waals surface area (Å²) < 4.78 is 5.24. The third kappa shape index (κ3) is 6.45. The van der Waals surface area contributed by atoms with Crippen LogP contribution in [0.5, 0.6) is 0 Å². The number of esters is 1. The van der Waals surface area contributed by atoms with Gasteiger partial charge in [0.25, 0.3) is 5.91 Å². The van der Waals surface area contributed by atoms with E-state index in [9.17, 15) is 24.3 Å². The second-order valence-corrected chi connectivity index (χ2v) is 9.44. The van der Waals surface area contributed by atoms with Crippen molar-refractivity contribution in [2.75, 3.05) is 11.4 Å². The molecular weight excluding hydrogens is 450 g/mol. The molecule has 0 aromatic heterocycles. The fraction of sp³-hybridized carbons (Fsp3) is 0.385. The minimum absolute atomic E-state index is 0.181. The van der Waals surface area contributed by atoms with E-state index in [2.05, 4.69) is 10.6 Å². The Morgan fingerprint density at radius 3 is 2.31 bits per heavy atom. The van der Waals surface area contributed by atoms with E-state index in [1.807, 2.05) is 0 Å². The van der Waals surface area contributed by atoms with Crippen LogP contribution in [0.15, 0.2) is 54.6 Å². The summed E-state index contributed by atoms with van der Waals surface area (Å²) in [5.74, 6) is -2.71. The van der Waals surface area contributed by atoms with Gasteiger partial charge >= 0.3 is 11.9 Å². The molecule has 186 valence electrons. The van der Waals surface area contributed by atoms with Gasteiger partial charge < -0.3 is 15.2 Å². The molecule has 9 nitrogen and oxygen atoms in total. The van der Waals surface area contributed by atoms with Gasteiger partial charge in [-0.25, -0.2) is 4.79 Å². The minimum atomic E-state index is -1.12. The lowest BCUT2D eigenvalue weighted by molar-refractivity contribution is -0.153. The van der Waals surface area contributed by atoms with Crippen LogP contribution in [-0.2, 0) is 30.3 Å². The van der Waals surface area contributed by atoms with Crippen LogP contribution >= 0.6 is 0 Å². The highest BCUT2D eigenvalue weighted by atomic mass is 16.6. The third-order valence-corrected chi connectivity index (χ3v) is 5.53. The average Bonchev–Trinajstić information content (AvgIpc) is 3.20. The first-order valence-electron chi connectivity index (χ1n) is 11.4. The number of fused-ring (bicyclic) bond motifs is 1. The highest BCUT2D eigenvalue weighted by Gasteiger charge is 2.41. The SMILES string of the molecule is C[C@H](NCC(=O)OC(C)(C)C)C(=O)N[C@H](C(=O)N1c2ccccc2C[C@H]1C(=O)O)c1ccccc1. The molecule has 2 amide bonds. The topological polar surface area (TPSA) is 125 Å². The van der Waals surface area contributed by atoms with Crippen LogP contribution in [0, 0.1) is 0 Å². The van der Waals surface area contributed by atoms with Crippen molar-refractivity contribution in [3.05, 3.63) is 65.7 Å². The first-order chi connectivity index (χ1) is 16.5. The molecular formula is C26H31N3O6. The second-order valence-electron chi connectivity index (χ2n) is 9.44. The summed E-state index contributed by atoms with van der Waals surface area (Å²) in [5.41, 5.74) is 1.12. The number of rotatable bonds is 8. The van der Waals surface area contributed by atoms with Gasteiger partial charge in [0.15, 0.2) is 0 Å². The van der Waals surface area contributed by atoms with E-state index in [-0.39, 0.29) is 13.0 Å². The summed E-state index contributed by atoms with van der Waals surface area (Å²) in [6, 6.07) is 12.6. The van der Waals surface area contributed by atoms with E-state index in [0.717, 1.165) is 5.56 Å². The molecule has 0 saturated carbocycles. The van der Waals surface area contributed by atoms with Crippen molar-refractivity contribution >= 4 is 29.4 Å². The molecule has 0 radical (unpaired) electrons. The van der Waals surface area contributed by atoms with Crippen molar-refractivity contribution in [1.29, 1.82) is 0 Å². The Balaban J connectivity index is 1.81. The number of hydrogen-bond donors (Lipinski definition) is 3. The molecule has 1 heterocycles. The van der Waals surface area contributed by atoms with Crippen LogP contribution in [0.2, 0.25) is 0 Å². The van der Waals surface area contributed by atoms with Gasteiger partial charge in [0.2, 0.25) is 5.91 Å². The molecule has 1 aliphatic heterocycles. The Labute approximate surface area is 204 Å². The lowest BCUT2D eigenvalue weighted by Crippen LogP contribution is -2.52. The van der Waals surface area contributed by atoms with Crippen LogP contribution < -0.4 is 15.5 Å². The zero-order valence-corrected chi connectivity index (χ0v) is 20.3. The molecule has 3 N–H and O–H groups in total. The van der Waals surface area contributed by atoms with E-state index < -0.39 is 47.5 Å². The van der Waals surface area contributed by atoms with Crippen molar-refractivity contribution in [1.82, 2.24) is 10.6 Å². The van der Waals surface area contributed by atoms with Crippen molar-refractivity contribution in [2.45, 2.75) is 57.8 Å². The minimum Gasteiger partial charge on any atom is -0.480 e. The van der Waals surface area contributed by atoms with Crippen molar-refractivity contribution in [3.63, 3.8) is 0 Å². The molecule has 0 bridgehead atoms. The van der Waals surface area contributed by atoms with E-state index in [1.54, 1.807) is 82.3 Å². The number of nitrogens with zero attached hydrogens (tertiary/aromatic N) is 1. The Kier molecular flexibility index (Phi) is 7.91. The molecule has 0 spiro atoms. The summed E-state index contributed by atoms with van der Waals surface area (Å²) in [4.78, 5) is 52.0. The molecule has 3 atom stereocenters. The number of ether oxygens (including phenoxy) is 1. The number of carbonyl (C=O) groups excluding carboxylic acids is 3. The number of para-hydroxylation sites is 1. The molecule has 0 fully saturated rings. The number of nitrogens with one attached hydrogen (secondary N) is 2. The molecule has 1 aliphatic rings. The zero-order chi connectivity index (χ0) is 25.8. The first-order valence-corrected chi connectivity index (χ1v) is 11.4. The summed E-state index contributed by atoms with van der Waals surface area (Å²) in [6.07, 6.45) is 0.181. The molecule has 35 heavy (non-hydrogen) atoms. The highest BCUT2D eigenvalue weighted by Crippen LogP contribution is 2.34. The normalized spacial score (nSPS) is 16.7. The molecule has 3 rings (SSSR count).